The van der Waals surface area contributed by atoms with Crippen LogP contribution in [0.2, 0.25) is 0 Å². The van der Waals surface area contributed by atoms with Crippen molar-refractivity contribution in [1.82, 2.24) is 15.3 Å². The van der Waals surface area contributed by atoms with E-state index in [-0.39, 0.29) is 17.7 Å². The second-order valence-corrected chi connectivity index (χ2v) is 6.17. The Labute approximate surface area is 163 Å². The Morgan fingerprint density at radius 1 is 1.14 bits per heavy atom. The molecule has 0 radical (unpaired) electrons. The van der Waals surface area contributed by atoms with Crippen molar-refractivity contribution in [3.8, 4) is 17.2 Å². The molecular formula is C19H24N4O5. The summed E-state index contributed by atoms with van der Waals surface area (Å²) in [6, 6.07) is 5.08. The van der Waals surface area contributed by atoms with Crippen LogP contribution in [-0.4, -0.2) is 56.5 Å². The van der Waals surface area contributed by atoms with Gasteiger partial charge in [0, 0.05) is 37.0 Å². The summed E-state index contributed by atoms with van der Waals surface area (Å²) in [6.07, 6.45) is 3.39. The molecule has 1 unspecified atom stereocenters. The summed E-state index contributed by atoms with van der Waals surface area (Å²) in [5, 5.41) is 5.97. The Bertz CT molecular complexity index is 799. The number of nitrogens with one attached hydrogen (secondary N) is 2. The van der Waals surface area contributed by atoms with E-state index >= 15 is 0 Å². The van der Waals surface area contributed by atoms with Gasteiger partial charge in [-0.15, -0.1) is 0 Å². The number of carbonyl (C=O) groups is 1. The van der Waals surface area contributed by atoms with Gasteiger partial charge >= 0.3 is 0 Å². The number of ether oxygens (including phenoxy) is 4. The number of amides is 1. The van der Waals surface area contributed by atoms with Crippen molar-refractivity contribution >= 4 is 17.4 Å². The van der Waals surface area contributed by atoms with E-state index in [4.69, 9.17) is 18.9 Å². The maximum atomic E-state index is 12.3. The van der Waals surface area contributed by atoms with Gasteiger partial charge in [0.1, 0.15) is 17.8 Å². The highest BCUT2D eigenvalue weighted by atomic mass is 16.5. The first-order valence-corrected chi connectivity index (χ1v) is 8.93. The molecule has 150 valence electrons. The normalized spacial score (nSPS) is 15.8. The molecule has 1 aliphatic heterocycles. The number of anilines is 2. The van der Waals surface area contributed by atoms with E-state index in [0.29, 0.717) is 35.3 Å². The van der Waals surface area contributed by atoms with Crippen molar-refractivity contribution in [2.24, 2.45) is 0 Å². The molecule has 0 bridgehead atoms. The lowest BCUT2D eigenvalue weighted by atomic mass is 10.2. The molecule has 1 atom stereocenters. The van der Waals surface area contributed by atoms with E-state index < -0.39 is 0 Å². The molecule has 0 spiro atoms. The summed E-state index contributed by atoms with van der Waals surface area (Å²) in [7, 11) is 4.63. The van der Waals surface area contributed by atoms with E-state index in [1.165, 1.54) is 6.33 Å². The molecular weight excluding hydrogens is 364 g/mol. The molecule has 1 saturated heterocycles. The molecule has 28 heavy (non-hydrogen) atoms. The van der Waals surface area contributed by atoms with Gasteiger partial charge in [0.15, 0.2) is 11.5 Å². The predicted octanol–water partition coefficient (Wildman–Crippen LogP) is 2.15. The standard InChI is InChI=1S/C19H24N4O5/c1-25-15-7-12(8-16(26-2)18(15)27-3)23-17-9-14(21-11-22-17)19(24)20-10-13-5-4-6-28-13/h7-9,11,13H,4-6,10H2,1-3H3,(H,20,24)(H,21,22,23). The van der Waals surface area contributed by atoms with E-state index in [1.807, 2.05) is 0 Å². The van der Waals surface area contributed by atoms with Crippen molar-refractivity contribution in [3.05, 3.63) is 30.2 Å². The number of hydrogen-bond acceptors (Lipinski definition) is 8. The van der Waals surface area contributed by atoms with Crippen molar-refractivity contribution in [3.63, 3.8) is 0 Å². The Hall–Kier alpha value is -3.07. The first-order valence-electron chi connectivity index (χ1n) is 8.93. The minimum Gasteiger partial charge on any atom is -0.493 e. The van der Waals surface area contributed by atoms with Crippen molar-refractivity contribution in [2.75, 3.05) is 39.8 Å². The molecule has 1 amide bonds. The number of carbonyl (C=O) groups excluding carboxylic acids is 1. The second-order valence-electron chi connectivity index (χ2n) is 6.17. The topological polar surface area (TPSA) is 104 Å². The van der Waals surface area contributed by atoms with Crippen LogP contribution in [0.15, 0.2) is 24.5 Å². The molecule has 2 N–H and O–H groups in total. The number of hydrogen-bond donors (Lipinski definition) is 2. The zero-order chi connectivity index (χ0) is 19.9. The van der Waals surface area contributed by atoms with E-state index in [1.54, 1.807) is 39.5 Å². The monoisotopic (exact) mass is 388 g/mol. The van der Waals surface area contributed by atoms with Crippen molar-refractivity contribution in [2.45, 2.75) is 18.9 Å². The SMILES string of the molecule is COc1cc(Nc2cc(C(=O)NCC3CCCO3)ncn2)cc(OC)c1OC. The van der Waals surface area contributed by atoms with Gasteiger partial charge in [-0.2, -0.15) is 0 Å². The second kappa shape index (κ2) is 9.23. The van der Waals surface area contributed by atoms with Crippen LogP contribution in [0, 0.1) is 0 Å². The Morgan fingerprint density at radius 2 is 1.89 bits per heavy atom. The summed E-state index contributed by atoms with van der Waals surface area (Å²) in [4.78, 5) is 20.6. The Morgan fingerprint density at radius 3 is 2.50 bits per heavy atom. The van der Waals surface area contributed by atoms with Gasteiger partial charge in [0.25, 0.3) is 5.91 Å². The lowest BCUT2D eigenvalue weighted by Crippen LogP contribution is -2.32. The van der Waals surface area contributed by atoms with Gasteiger partial charge in [0.2, 0.25) is 5.75 Å². The van der Waals surface area contributed by atoms with Crippen LogP contribution in [0.4, 0.5) is 11.5 Å². The molecule has 9 heteroatoms. The number of rotatable bonds is 8. The third-order valence-electron chi connectivity index (χ3n) is 4.35. The van der Waals surface area contributed by atoms with Crippen LogP contribution < -0.4 is 24.8 Å². The van der Waals surface area contributed by atoms with E-state index in [2.05, 4.69) is 20.6 Å². The van der Waals surface area contributed by atoms with Crippen LogP contribution in [0.5, 0.6) is 17.2 Å². The minimum atomic E-state index is -0.272. The zero-order valence-electron chi connectivity index (χ0n) is 16.2. The molecule has 1 aromatic heterocycles. The van der Waals surface area contributed by atoms with Crippen molar-refractivity contribution in [1.29, 1.82) is 0 Å². The zero-order valence-corrected chi connectivity index (χ0v) is 16.2. The quantitative estimate of drug-likeness (QED) is 0.709. The van der Waals surface area contributed by atoms with Gasteiger partial charge in [0.05, 0.1) is 27.4 Å². The molecule has 1 aliphatic rings. The maximum absolute atomic E-state index is 12.3. The third-order valence-corrected chi connectivity index (χ3v) is 4.35. The summed E-state index contributed by atoms with van der Waals surface area (Å²) >= 11 is 0. The highest BCUT2D eigenvalue weighted by Gasteiger charge is 2.18. The molecule has 1 fully saturated rings. The van der Waals surface area contributed by atoms with Gasteiger partial charge in [-0.05, 0) is 12.8 Å². The fourth-order valence-corrected chi connectivity index (χ4v) is 2.95. The fourth-order valence-electron chi connectivity index (χ4n) is 2.95. The summed E-state index contributed by atoms with van der Waals surface area (Å²) in [6.45, 7) is 1.22. The number of methoxy groups -OCH3 is 3. The molecule has 2 aromatic rings. The Kier molecular flexibility index (Phi) is 6.49. The average Bonchev–Trinajstić information content (AvgIpc) is 3.25. The molecule has 0 saturated carbocycles. The lowest BCUT2D eigenvalue weighted by Gasteiger charge is -2.15. The molecule has 2 heterocycles. The maximum Gasteiger partial charge on any atom is 0.270 e. The summed E-state index contributed by atoms with van der Waals surface area (Å²) < 4.78 is 21.5. The molecule has 1 aromatic carbocycles. The average molecular weight is 388 g/mol. The summed E-state index contributed by atoms with van der Waals surface area (Å²) in [5.41, 5.74) is 0.932. The van der Waals surface area contributed by atoms with Gasteiger partial charge in [-0.3, -0.25) is 4.79 Å². The first kappa shape index (κ1) is 19.7. The lowest BCUT2D eigenvalue weighted by molar-refractivity contribution is 0.0853. The highest BCUT2D eigenvalue weighted by Crippen LogP contribution is 2.40. The van der Waals surface area contributed by atoms with Gasteiger partial charge < -0.3 is 29.6 Å². The predicted molar refractivity (Wildman–Crippen MR) is 103 cm³/mol. The highest BCUT2D eigenvalue weighted by molar-refractivity contribution is 5.93. The summed E-state index contributed by atoms with van der Waals surface area (Å²) in [5.74, 6) is 1.70. The molecule has 9 nitrogen and oxygen atoms in total. The molecule has 0 aliphatic carbocycles. The van der Waals surface area contributed by atoms with E-state index in [9.17, 15) is 4.79 Å². The number of aromatic nitrogens is 2. The molecule has 3 rings (SSSR count). The van der Waals surface area contributed by atoms with Crippen LogP contribution in [-0.2, 0) is 4.74 Å². The smallest absolute Gasteiger partial charge is 0.270 e. The third kappa shape index (κ3) is 4.61. The van der Waals surface area contributed by atoms with Crippen LogP contribution in [0.3, 0.4) is 0 Å². The Balaban J connectivity index is 1.72. The van der Waals surface area contributed by atoms with Crippen LogP contribution in [0.25, 0.3) is 0 Å². The van der Waals surface area contributed by atoms with Gasteiger partial charge in [-0.1, -0.05) is 0 Å². The number of nitrogens with zero attached hydrogens (tertiary/aromatic N) is 2. The number of benzene rings is 1. The van der Waals surface area contributed by atoms with Crippen LogP contribution >= 0.6 is 0 Å². The van der Waals surface area contributed by atoms with Crippen LogP contribution in [0.1, 0.15) is 23.3 Å². The van der Waals surface area contributed by atoms with Gasteiger partial charge in [-0.25, -0.2) is 9.97 Å². The van der Waals surface area contributed by atoms with Crippen molar-refractivity contribution < 1.29 is 23.7 Å². The largest absolute Gasteiger partial charge is 0.493 e. The fraction of sp³-hybridized carbons (Fsp3) is 0.421. The first-order chi connectivity index (χ1) is 13.6. The van der Waals surface area contributed by atoms with E-state index in [0.717, 1.165) is 19.4 Å². The minimum absolute atomic E-state index is 0.0719.